The number of rotatable bonds is 7. The zero-order valence-corrected chi connectivity index (χ0v) is 18.0. The number of thiazole rings is 1. The first-order valence-electron chi connectivity index (χ1n) is 9.91. The fourth-order valence-electron chi connectivity index (χ4n) is 3.47. The summed E-state index contributed by atoms with van der Waals surface area (Å²) >= 11 is 1.40. The summed E-state index contributed by atoms with van der Waals surface area (Å²) in [6.45, 7) is 3.58. The van der Waals surface area contributed by atoms with E-state index in [2.05, 4.69) is 15.2 Å². The minimum absolute atomic E-state index is 0.167. The van der Waals surface area contributed by atoms with Crippen molar-refractivity contribution in [1.82, 2.24) is 10.3 Å². The Hall–Kier alpha value is -2.84. The van der Waals surface area contributed by atoms with Crippen LogP contribution in [0.1, 0.15) is 15.4 Å². The van der Waals surface area contributed by atoms with Crippen LogP contribution in [0.2, 0.25) is 0 Å². The molecule has 1 fully saturated rings. The highest BCUT2D eigenvalue weighted by atomic mass is 32.1. The van der Waals surface area contributed by atoms with Gasteiger partial charge in [0.25, 0.3) is 5.91 Å². The molecule has 0 radical (unpaired) electrons. The van der Waals surface area contributed by atoms with Gasteiger partial charge in [-0.15, -0.1) is 11.3 Å². The molecule has 30 heavy (non-hydrogen) atoms. The second-order valence-corrected chi connectivity index (χ2v) is 7.94. The number of methoxy groups -OCH3 is 2. The topological polar surface area (TPSA) is 72.9 Å². The Kier molecular flexibility index (Phi) is 6.35. The first kappa shape index (κ1) is 20.4. The highest BCUT2D eigenvalue weighted by molar-refractivity contribution is 7.21. The molecule has 4 rings (SSSR count). The van der Waals surface area contributed by atoms with E-state index in [4.69, 9.17) is 14.2 Å². The molecule has 1 aliphatic heterocycles. The van der Waals surface area contributed by atoms with Crippen molar-refractivity contribution >= 4 is 33.1 Å². The van der Waals surface area contributed by atoms with E-state index >= 15 is 0 Å². The van der Waals surface area contributed by atoms with Gasteiger partial charge in [-0.25, -0.2) is 4.98 Å². The number of hydrogen-bond donors (Lipinski definition) is 1. The molecule has 0 unspecified atom stereocenters. The molecule has 1 aliphatic rings. The number of amides is 1. The number of benzene rings is 2. The van der Waals surface area contributed by atoms with E-state index < -0.39 is 0 Å². The van der Waals surface area contributed by atoms with Gasteiger partial charge >= 0.3 is 0 Å². The smallest absolute Gasteiger partial charge is 0.280 e. The maximum atomic E-state index is 12.7. The van der Waals surface area contributed by atoms with Crippen LogP contribution in [-0.4, -0.2) is 58.0 Å². The zero-order chi connectivity index (χ0) is 20.9. The quantitative estimate of drug-likeness (QED) is 0.625. The molecule has 7 nitrogen and oxygen atoms in total. The van der Waals surface area contributed by atoms with Crippen molar-refractivity contribution < 1.29 is 19.0 Å². The minimum atomic E-state index is -0.167. The molecule has 3 aromatic rings. The normalized spacial score (nSPS) is 14.0. The van der Waals surface area contributed by atoms with Crippen LogP contribution in [0.3, 0.4) is 0 Å². The predicted molar refractivity (Wildman–Crippen MR) is 118 cm³/mol. The van der Waals surface area contributed by atoms with Crippen LogP contribution in [0.25, 0.3) is 10.2 Å². The third kappa shape index (κ3) is 4.34. The number of nitrogens with zero attached hydrogens (tertiary/aromatic N) is 2. The van der Waals surface area contributed by atoms with Crippen molar-refractivity contribution in [1.29, 1.82) is 0 Å². The summed E-state index contributed by atoms with van der Waals surface area (Å²) < 4.78 is 17.1. The maximum Gasteiger partial charge on any atom is 0.280 e. The maximum absolute atomic E-state index is 12.7. The molecule has 1 aromatic heterocycles. The van der Waals surface area contributed by atoms with Crippen molar-refractivity contribution in [3.05, 3.63) is 47.0 Å². The summed E-state index contributed by atoms with van der Waals surface area (Å²) in [7, 11) is 3.27. The average molecular weight is 428 g/mol. The van der Waals surface area contributed by atoms with Crippen LogP contribution >= 0.6 is 11.3 Å². The highest BCUT2D eigenvalue weighted by Crippen LogP contribution is 2.37. The van der Waals surface area contributed by atoms with Gasteiger partial charge in [0.1, 0.15) is 17.0 Å². The van der Waals surface area contributed by atoms with Crippen LogP contribution in [0.15, 0.2) is 36.4 Å². The monoisotopic (exact) mass is 427 g/mol. The van der Waals surface area contributed by atoms with Crippen molar-refractivity contribution in [2.75, 3.05) is 52.0 Å². The third-order valence-corrected chi connectivity index (χ3v) is 6.19. The van der Waals surface area contributed by atoms with Gasteiger partial charge < -0.3 is 24.4 Å². The summed E-state index contributed by atoms with van der Waals surface area (Å²) in [6.07, 6.45) is 0.739. The molecule has 158 valence electrons. The molecule has 2 aromatic carbocycles. The van der Waals surface area contributed by atoms with E-state index in [0.29, 0.717) is 30.5 Å². The van der Waals surface area contributed by atoms with Crippen molar-refractivity contribution in [3.8, 4) is 11.5 Å². The number of carbonyl (C=O) groups is 1. The van der Waals surface area contributed by atoms with E-state index in [1.165, 1.54) is 11.3 Å². The van der Waals surface area contributed by atoms with Crippen LogP contribution < -0.4 is 19.7 Å². The molecule has 2 heterocycles. The van der Waals surface area contributed by atoms with Gasteiger partial charge in [-0.2, -0.15) is 0 Å². The number of anilines is 1. The Bertz CT molecular complexity index is 1010. The number of morpholine rings is 1. The molecule has 8 heteroatoms. The van der Waals surface area contributed by atoms with Crippen LogP contribution in [0.4, 0.5) is 5.69 Å². The lowest BCUT2D eigenvalue weighted by atomic mass is 10.1. The molecule has 1 amide bonds. The molecule has 0 saturated carbocycles. The van der Waals surface area contributed by atoms with Gasteiger partial charge in [0.15, 0.2) is 5.01 Å². The van der Waals surface area contributed by atoms with Crippen LogP contribution in [-0.2, 0) is 11.2 Å². The molecular weight excluding hydrogens is 402 g/mol. The third-order valence-electron chi connectivity index (χ3n) is 5.11. The van der Waals surface area contributed by atoms with E-state index in [-0.39, 0.29) is 5.91 Å². The van der Waals surface area contributed by atoms with Gasteiger partial charge in [0, 0.05) is 19.6 Å². The van der Waals surface area contributed by atoms with Gasteiger partial charge in [-0.05, 0) is 36.2 Å². The average Bonchev–Trinajstić information content (AvgIpc) is 3.25. The highest BCUT2D eigenvalue weighted by Gasteiger charge is 2.21. The lowest BCUT2D eigenvalue weighted by molar-refractivity contribution is 0.0954. The summed E-state index contributed by atoms with van der Waals surface area (Å²) in [6, 6.07) is 11.8. The number of aromatic nitrogens is 1. The summed E-state index contributed by atoms with van der Waals surface area (Å²) in [5, 5.41) is 3.42. The van der Waals surface area contributed by atoms with E-state index in [1.807, 2.05) is 36.4 Å². The molecule has 0 atom stereocenters. The first-order chi connectivity index (χ1) is 14.7. The lowest BCUT2D eigenvalue weighted by Gasteiger charge is -2.29. The van der Waals surface area contributed by atoms with E-state index in [0.717, 1.165) is 46.7 Å². The molecule has 0 spiro atoms. The molecule has 0 aliphatic carbocycles. The summed E-state index contributed by atoms with van der Waals surface area (Å²) in [5.74, 6) is 1.33. The zero-order valence-electron chi connectivity index (χ0n) is 17.1. The second kappa shape index (κ2) is 9.32. The first-order valence-corrected chi connectivity index (χ1v) is 10.7. The Balaban J connectivity index is 1.49. The Morgan fingerprint density at radius 1 is 1.13 bits per heavy atom. The van der Waals surface area contributed by atoms with Gasteiger partial charge in [-0.3, -0.25) is 4.79 Å². The minimum Gasteiger partial charge on any atom is -0.497 e. The second-order valence-electron chi connectivity index (χ2n) is 6.94. The van der Waals surface area contributed by atoms with Gasteiger partial charge in [0.2, 0.25) is 0 Å². The number of hydrogen-bond acceptors (Lipinski definition) is 7. The fourth-order valence-corrected chi connectivity index (χ4v) is 4.51. The SMILES string of the molecule is COc1ccc(CCNC(=O)c2nc3c(OC)ccc(N4CCOCC4)c3s2)cc1. The number of nitrogens with one attached hydrogen (secondary N) is 1. The largest absolute Gasteiger partial charge is 0.497 e. The lowest BCUT2D eigenvalue weighted by Crippen LogP contribution is -2.36. The Labute approximate surface area is 179 Å². The number of carbonyl (C=O) groups excluding carboxylic acids is 1. The van der Waals surface area contributed by atoms with Crippen molar-refractivity contribution in [3.63, 3.8) is 0 Å². The van der Waals surface area contributed by atoms with Crippen molar-refractivity contribution in [2.45, 2.75) is 6.42 Å². The Morgan fingerprint density at radius 2 is 1.90 bits per heavy atom. The predicted octanol–water partition coefficient (Wildman–Crippen LogP) is 3.12. The Morgan fingerprint density at radius 3 is 2.60 bits per heavy atom. The molecule has 1 saturated heterocycles. The van der Waals surface area contributed by atoms with Gasteiger partial charge in [-0.1, -0.05) is 12.1 Å². The molecule has 1 N–H and O–H groups in total. The summed E-state index contributed by atoms with van der Waals surface area (Å²) in [4.78, 5) is 19.6. The molecular formula is C22H25N3O4S. The fraction of sp³-hybridized carbons (Fsp3) is 0.364. The van der Waals surface area contributed by atoms with E-state index in [9.17, 15) is 4.79 Å². The van der Waals surface area contributed by atoms with Crippen LogP contribution in [0.5, 0.6) is 11.5 Å². The number of ether oxygens (including phenoxy) is 3. The van der Waals surface area contributed by atoms with Gasteiger partial charge in [0.05, 0.1) is 37.8 Å². The summed E-state index contributed by atoms with van der Waals surface area (Å²) in [5.41, 5.74) is 2.94. The molecule has 0 bridgehead atoms. The van der Waals surface area contributed by atoms with E-state index in [1.54, 1.807) is 14.2 Å². The number of fused-ring (bicyclic) bond motifs is 1. The van der Waals surface area contributed by atoms with Crippen LogP contribution in [0, 0.1) is 0 Å². The standard InChI is InChI=1S/C22H25N3O4S/c1-27-16-5-3-15(4-6-16)9-10-23-21(26)22-24-19-18(28-2)8-7-17(20(19)30-22)25-11-13-29-14-12-25/h3-8H,9-14H2,1-2H3,(H,23,26). The van der Waals surface area contributed by atoms with Crippen molar-refractivity contribution in [2.24, 2.45) is 0 Å².